The predicted octanol–water partition coefficient (Wildman–Crippen LogP) is -1.55. The summed E-state index contributed by atoms with van der Waals surface area (Å²) in [4.78, 5) is 27.1. The lowest BCUT2D eigenvalue weighted by atomic mass is 10.1. The Kier molecular flexibility index (Phi) is 4.64. The second-order valence-electron chi connectivity index (χ2n) is 5.20. The third-order valence-electron chi connectivity index (χ3n) is 3.84. The van der Waals surface area contributed by atoms with Crippen LogP contribution in [0.25, 0.3) is 0 Å². The predicted molar refractivity (Wildman–Crippen MR) is 73.9 cm³/mol. The molecular formula is C12H21N3O4S. The van der Waals surface area contributed by atoms with E-state index in [9.17, 15) is 18.0 Å². The molecular weight excluding hydrogens is 282 g/mol. The van der Waals surface area contributed by atoms with Gasteiger partial charge in [0.2, 0.25) is 0 Å². The standard InChI is InChI=1S/C12H21N3O4S/c1-2-20(18,19)7-3-5-14-9-10-8-13-4-6-15(10)12(17)11(14)16/h10,13H,2-9H2,1H3. The summed E-state index contributed by atoms with van der Waals surface area (Å²) < 4.78 is 22.9. The third-order valence-corrected chi connectivity index (χ3v) is 5.63. The Morgan fingerprint density at radius 3 is 2.75 bits per heavy atom. The van der Waals surface area contributed by atoms with Crippen molar-refractivity contribution < 1.29 is 18.0 Å². The van der Waals surface area contributed by atoms with Crippen LogP contribution in [-0.2, 0) is 19.4 Å². The summed E-state index contributed by atoms with van der Waals surface area (Å²) in [5.41, 5.74) is 0. The fraction of sp³-hybridized carbons (Fsp3) is 0.833. The molecule has 2 heterocycles. The van der Waals surface area contributed by atoms with Crippen molar-refractivity contribution in [3.63, 3.8) is 0 Å². The zero-order valence-corrected chi connectivity index (χ0v) is 12.5. The Morgan fingerprint density at radius 1 is 1.30 bits per heavy atom. The molecule has 0 spiro atoms. The fourth-order valence-corrected chi connectivity index (χ4v) is 3.46. The van der Waals surface area contributed by atoms with Gasteiger partial charge < -0.3 is 15.1 Å². The molecule has 0 aromatic heterocycles. The summed E-state index contributed by atoms with van der Waals surface area (Å²) in [7, 11) is -3.02. The summed E-state index contributed by atoms with van der Waals surface area (Å²) in [6, 6.07) is 0.0109. The molecule has 0 saturated carbocycles. The van der Waals surface area contributed by atoms with Crippen molar-refractivity contribution >= 4 is 21.7 Å². The van der Waals surface area contributed by atoms with E-state index in [1.807, 2.05) is 0 Å². The van der Waals surface area contributed by atoms with E-state index in [-0.39, 0.29) is 17.5 Å². The number of piperazine rings is 2. The Hall–Kier alpha value is -1.15. The number of hydrogen-bond donors (Lipinski definition) is 1. The largest absolute Gasteiger partial charge is 0.332 e. The molecule has 8 heteroatoms. The molecule has 0 radical (unpaired) electrons. The lowest BCUT2D eigenvalue weighted by Gasteiger charge is -2.43. The first-order valence-corrected chi connectivity index (χ1v) is 8.78. The Balaban J connectivity index is 1.92. The molecule has 2 aliphatic heterocycles. The second-order valence-corrected chi connectivity index (χ2v) is 7.67. The monoisotopic (exact) mass is 303 g/mol. The maximum Gasteiger partial charge on any atom is 0.312 e. The Labute approximate surface area is 119 Å². The van der Waals surface area contributed by atoms with Crippen molar-refractivity contribution in [3.05, 3.63) is 0 Å². The average molecular weight is 303 g/mol. The summed E-state index contributed by atoms with van der Waals surface area (Å²) in [5, 5.41) is 3.20. The molecule has 20 heavy (non-hydrogen) atoms. The second kappa shape index (κ2) is 6.09. The minimum absolute atomic E-state index is 0.0109. The minimum Gasteiger partial charge on any atom is -0.332 e. The number of rotatable bonds is 5. The Morgan fingerprint density at radius 2 is 2.05 bits per heavy atom. The zero-order valence-electron chi connectivity index (χ0n) is 11.7. The molecule has 2 aliphatic rings. The van der Waals surface area contributed by atoms with Gasteiger partial charge >= 0.3 is 11.8 Å². The van der Waals surface area contributed by atoms with Crippen LogP contribution in [-0.4, -0.2) is 80.3 Å². The van der Waals surface area contributed by atoms with Crippen molar-refractivity contribution in [1.82, 2.24) is 15.1 Å². The van der Waals surface area contributed by atoms with Gasteiger partial charge in [0.25, 0.3) is 0 Å². The molecule has 2 rings (SSSR count). The molecule has 2 amide bonds. The molecule has 0 aromatic carbocycles. The van der Waals surface area contributed by atoms with Crippen LogP contribution < -0.4 is 5.32 Å². The highest BCUT2D eigenvalue weighted by molar-refractivity contribution is 7.91. The number of sulfone groups is 1. The van der Waals surface area contributed by atoms with Gasteiger partial charge in [-0.25, -0.2) is 8.42 Å². The van der Waals surface area contributed by atoms with Crippen LogP contribution in [0.15, 0.2) is 0 Å². The van der Waals surface area contributed by atoms with Gasteiger partial charge in [0.1, 0.15) is 9.84 Å². The first-order valence-electron chi connectivity index (χ1n) is 6.95. The molecule has 7 nitrogen and oxygen atoms in total. The number of carbonyl (C=O) groups is 2. The first-order chi connectivity index (χ1) is 9.44. The number of nitrogens with one attached hydrogen (secondary N) is 1. The van der Waals surface area contributed by atoms with Crippen molar-refractivity contribution in [2.75, 3.05) is 44.2 Å². The Bertz CT molecular complexity index is 491. The maximum atomic E-state index is 12.0. The van der Waals surface area contributed by atoms with E-state index < -0.39 is 21.7 Å². The minimum atomic E-state index is -3.02. The van der Waals surface area contributed by atoms with Crippen molar-refractivity contribution in [1.29, 1.82) is 0 Å². The number of hydrogen-bond acceptors (Lipinski definition) is 5. The van der Waals surface area contributed by atoms with E-state index in [4.69, 9.17) is 0 Å². The van der Waals surface area contributed by atoms with Crippen LogP contribution in [0, 0.1) is 0 Å². The van der Waals surface area contributed by atoms with Crippen molar-refractivity contribution in [2.24, 2.45) is 0 Å². The summed E-state index contributed by atoms with van der Waals surface area (Å²) in [6.07, 6.45) is 0.384. The summed E-state index contributed by atoms with van der Waals surface area (Å²) in [5.74, 6) is -0.785. The van der Waals surface area contributed by atoms with Crippen LogP contribution in [0.2, 0.25) is 0 Å². The smallest absolute Gasteiger partial charge is 0.312 e. The molecule has 0 aromatic rings. The molecule has 2 fully saturated rings. The molecule has 1 unspecified atom stereocenters. The highest BCUT2D eigenvalue weighted by Gasteiger charge is 2.39. The van der Waals surface area contributed by atoms with Gasteiger partial charge in [-0.05, 0) is 6.42 Å². The number of amides is 2. The van der Waals surface area contributed by atoms with Crippen LogP contribution in [0.3, 0.4) is 0 Å². The van der Waals surface area contributed by atoms with E-state index >= 15 is 0 Å². The van der Waals surface area contributed by atoms with Crippen LogP contribution in [0.4, 0.5) is 0 Å². The van der Waals surface area contributed by atoms with E-state index in [2.05, 4.69) is 5.32 Å². The number of fused-ring (bicyclic) bond motifs is 1. The van der Waals surface area contributed by atoms with Crippen LogP contribution in [0.5, 0.6) is 0 Å². The quantitative estimate of drug-likeness (QED) is 0.622. The van der Waals surface area contributed by atoms with E-state index in [0.717, 1.165) is 0 Å². The molecule has 0 aliphatic carbocycles. The van der Waals surface area contributed by atoms with E-state index in [1.54, 1.807) is 11.8 Å². The highest BCUT2D eigenvalue weighted by Crippen LogP contribution is 2.14. The van der Waals surface area contributed by atoms with Gasteiger partial charge in [-0.3, -0.25) is 9.59 Å². The fourth-order valence-electron chi connectivity index (χ4n) is 2.60. The van der Waals surface area contributed by atoms with Gasteiger partial charge in [-0.2, -0.15) is 0 Å². The molecule has 1 N–H and O–H groups in total. The van der Waals surface area contributed by atoms with Crippen molar-refractivity contribution in [3.8, 4) is 0 Å². The maximum absolute atomic E-state index is 12.0. The third kappa shape index (κ3) is 3.29. The van der Waals surface area contributed by atoms with E-state index in [1.165, 1.54) is 4.90 Å². The normalized spacial score (nSPS) is 23.9. The molecule has 0 bridgehead atoms. The average Bonchev–Trinajstić information content (AvgIpc) is 2.44. The van der Waals surface area contributed by atoms with Crippen molar-refractivity contribution in [2.45, 2.75) is 19.4 Å². The molecule has 114 valence electrons. The summed E-state index contributed by atoms with van der Waals surface area (Å²) >= 11 is 0. The lowest BCUT2D eigenvalue weighted by Crippen LogP contribution is -2.65. The van der Waals surface area contributed by atoms with Gasteiger partial charge in [0.15, 0.2) is 0 Å². The summed E-state index contributed by atoms with van der Waals surface area (Å²) in [6.45, 7) is 4.38. The molecule has 2 saturated heterocycles. The SMILES string of the molecule is CCS(=O)(=O)CCCN1CC2CNCCN2C(=O)C1=O. The highest BCUT2D eigenvalue weighted by atomic mass is 32.2. The van der Waals surface area contributed by atoms with E-state index in [0.29, 0.717) is 39.1 Å². The van der Waals surface area contributed by atoms with Gasteiger partial charge in [-0.15, -0.1) is 0 Å². The first kappa shape index (κ1) is 15.2. The molecule has 1 atom stereocenters. The van der Waals surface area contributed by atoms with Crippen LogP contribution >= 0.6 is 0 Å². The number of nitrogens with zero attached hydrogens (tertiary/aromatic N) is 2. The van der Waals surface area contributed by atoms with Gasteiger partial charge in [0, 0.05) is 38.5 Å². The van der Waals surface area contributed by atoms with Gasteiger partial charge in [0.05, 0.1) is 11.8 Å². The van der Waals surface area contributed by atoms with Crippen LogP contribution in [0.1, 0.15) is 13.3 Å². The topological polar surface area (TPSA) is 86.8 Å². The van der Waals surface area contributed by atoms with Gasteiger partial charge in [-0.1, -0.05) is 6.92 Å². The number of carbonyl (C=O) groups excluding carboxylic acids is 2. The zero-order chi connectivity index (χ0) is 14.8. The lowest BCUT2D eigenvalue weighted by molar-refractivity contribution is -0.159.